The van der Waals surface area contributed by atoms with Gasteiger partial charge in [-0.2, -0.15) is 0 Å². The van der Waals surface area contributed by atoms with E-state index in [1.165, 1.54) is 0 Å². The van der Waals surface area contributed by atoms with Gasteiger partial charge < -0.3 is 10.8 Å². The Morgan fingerprint density at radius 1 is 1.54 bits per heavy atom. The van der Waals surface area contributed by atoms with Crippen molar-refractivity contribution in [1.29, 1.82) is 0 Å². The van der Waals surface area contributed by atoms with E-state index in [1.54, 1.807) is 0 Å². The average Bonchev–Trinajstić information content (AvgIpc) is 2.01. The van der Waals surface area contributed by atoms with E-state index in [4.69, 9.17) is 10.8 Å². The number of benzene rings is 1. The van der Waals surface area contributed by atoms with Crippen LogP contribution in [-0.2, 0) is 0 Å². The lowest BCUT2D eigenvalue weighted by atomic mass is 10.1. The lowest BCUT2D eigenvalue weighted by Gasteiger charge is -2.04. The van der Waals surface area contributed by atoms with Crippen molar-refractivity contribution in [2.45, 2.75) is 0 Å². The summed E-state index contributed by atoms with van der Waals surface area (Å²) < 4.78 is 25.5. The molecule has 0 spiro atoms. The van der Waals surface area contributed by atoms with Gasteiger partial charge in [0.15, 0.2) is 11.6 Å². The maximum absolute atomic E-state index is 12.8. The van der Waals surface area contributed by atoms with E-state index >= 15 is 0 Å². The normalized spacial score (nSPS) is 10.1. The molecule has 0 fully saturated rings. The first kappa shape index (κ1) is 9.91. The Balaban J connectivity index is 3.56. The molecule has 0 aliphatic rings. The minimum Gasteiger partial charge on any atom is -0.478 e. The molecule has 0 heterocycles. The van der Waals surface area contributed by atoms with Crippen LogP contribution in [0.2, 0.25) is 0 Å². The lowest BCUT2D eigenvalue weighted by molar-refractivity contribution is 0.0692. The summed E-state index contributed by atoms with van der Waals surface area (Å²) in [5.74, 6) is -4.30. The Morgan fingerprint density at radius 2 is 2.08 bits per heavy atom. The lowest BCUT2D eigenvalue weighted by Crippen LogP contribution is -2.08. The van der Waals surface area contributed by atoms with Crippen LogP contribution in [0.1, 0.15) is 10.4 Å². The molecule has 13 heavy (non-hydrogen) atoms. The van der Waals surface area contributed by atoms with E-state index in [0.717, 1.165) is 6.07 Å². The molecule has 1 rings (SSSR count). The number of rotatable bonds is 1. The van der Waals surface area contributed by atoms with E-state index in [1.807, 2.05) is 0 Å². The number of aromatic carboxylic acids is 1. The zero-order valence-corrected chi connectivity index (χ0v) is 7.73. The number of hydrogen-bond acceptors (Lipinski definition) is 2. The van der Waals surface area contributed by atoms with Crippen LogP contribution in [-0.4, -0.2) is 11.1 Å². The van der Waals surface area contributed by atoms with E-state index in [0.29, 0.717) is 0 Å². The summed E-state index contributed by atoms with van der Waals surface area (Å²) >= 11 is 2.80. The first-order valence-corrected chi connectivity index (χ1v) is 3.90. The number of carboxylic acid groups (broad SMARTS) is 1. The number of carbonyl (C=O) groups is 1. The zero-order chi connectivity index (χ0) is 10.2. The van der Waals surface area contributed by atoms with Crippen molar-refractivity contribution >= 4 is 27.6 Å². The van der Waals surface area contributed by atoms with Gasteiger partial charge in [0.25, 0.3) is 0 Å². The van der Waals surface area contributed by atoms with Crippen molar-refractivity contribution < 1.29 is 18.7 Å². The number of carboxylic acids is 1. The molecule has 1 aromatic carbocycles. The van der Waals surface area contributed by atoms with Crippen LogP contribution in [0.5, 0.6) is 0 Å². The van der Waals surface area contributed by atoms with E-state index < -0.39 is 23.2 Å². The third-order valence-electron chi connectivity index (χ3n) is 1.42. The summed E-state index contributed by atoms with van der Waals surface area (Å²) in [5, 5.41) is 8.49. The summed E-state index contributed by atoms with van der Waals surface area (Å²) in [4.78, 5) is 10.4. The van der Waals surface area contributed by atoms with E-state index in [9.17, 15) is 13.6 Å². The molecular weight excluding hydrogens is 248 g/mol. The molecule has 0 bridgehead atoms. The standard InChI is InChI=1S/C7H4BrF2NO2/c8-2-1-3(9)5(10)4(6(2)11)7(12)13/h1H,11H2,(H,12,13). The highest BCUT2D eigenvalue weighted by Crippen LogP contribution is 2.27. The quantitative estimate of drug-likeness (QED) is 0.593. The maximum atomic E-state index is 12.8. The molecule has 0 atom stereocenters. The zero-order valence-electron chi connectivity index (χ0n) is 6.14. The summed E-state index contributed by atoms with van der Waals surface area (Å²) in [6.07, 6.45) is 0. The number of nitrogens with two attached hydrogens (primary N) is 1. The highest BCUT2D eigenvalue weighted by Gasteiger charge is 2.20. The second kappa shape index (κ2) is 3.29. The highest BCUT2D eigenvalue weighted by molar-refractivity contribution is 9.10. The Bertz CT molecular complexity index is 355. The molecule has 0 radical (unpaired) electrons. The molecule has 0 saturated heterocycles. The third-order valence-corrected chi connectivity index (χ3v) is 2.08. The SMILES string of the molecule is Nc1c(Br)cc(F)c(F)c1C(=O)O. The van der Waals surface area contributed by atoms with Crippen molar-refractivity contribution in [1.82, 2.24) is 0 Å². The van der Waals surface area contributed by atoms with Gasteiger partial charge >= 0.3 is 5.97 Å². The van der Waals surface area contributed by atoms with E-state index in [-0.39, 0.29) is 10.2 Å². The van der Waals surface area contributed by atoms with Crippen LogP contribution in [0, 0.1) is 11.6 Å². The molecule has 3 nitrogen and oxygen atoms in total. The molecule has 1 aromatic rings. The second-order valence-corrected chi connectivity index (χ2v) is 3.10. The van der Waals surface area contributed by atoms with Gasteiger partial charge in [-0.1, -0.05) is 0 Å². The van der Waals surface area contributed by atoms with Gasteiger partial charge in [0, 0.05) is 4.47 Å². The highest BCUT2D eigenvalue weighted by atomic mass is 79.9. The molecule has 0 amide bonds. The van der Waals surface area contributed by atoms with Gasteiger partial charge in [-0.15, -0.1) is 0 Å². The van der Waals surface area contributed by atoms with E-state index in [2.05, 4.69) is 15.9 Å². The van der Waals surface area contributed by atoms with Crippen molar-refractivity contribution in [2.24, 2.45) is 0 Å². The molecule has 0 aromatic heterocycles. The monoisotopic (exact) mass is 251 g/mol. The maximum Gasteiger partial charge on any atom is 0.340 e. The summed E-state index contributed by atoms with van der Waals surface area (Å²) in [7, 11) is 0. The first-order valence-electron chi connectivity index (χ1n) is 3.11. The van der Waals surface area contributed by atoms with Crippen LogP contribution < -0.4 is 5.73 Å². The first-order chi connectivity index (χ1) is 5.95. The Labute approximate surface area is 80.3 Å². The minimum absolute atomic E-state index is 0.0174. The summed E-state index contributed by atoms with van der Waals surface area (Å²) in [5.41, 5.74) is 4.04. The number of nitrogen functional groups attached to an aromatic ring is 1. The number of hydrogen-bond donors (Lipinski definition) is 2. The van der Waals surface area contributed by atoms with Crippen molar-refractivity contribution in [3.05, 3.63) is 27.7 Å². The van der Waals surface area contributed by atoms with Crippen LogP contribution >= 0.6 is 15.9 Å². The van der Waals surface area contributed by atoms with Crippen molar-refractivity contribution in [3.8, 4) is 0 Å². The molecule has 0 aliphatic carbocycles. The van der Waals surface area contributed by atoms with Crippen LogP contribution in [0.25, 0.3) is 0 Å². The minimum atomic E-state index is -1.60. The Kier molecular flexibility index (Phi) is 2.51. The van der Waals surface area contributed by atoms with Crippen molar-refractivity contribution in [3.63, 3.8) is 0 Å². The number of anilines is 1. The van der Waals surface area contributed by atoms with Gasteiger partial charge in [-0.25, -0.2) is 13.6 Å². The fourth-order valence-electron chi connectivity index (χ4n) is 0.819. The molecule has 70 valence electrons. The Hall–Kier alpha value is -1.17. The topological polar surface area (TPSA) is 63.3 Å². The largest absolute Gasteiger partial charge is 0.478 e. The molecule has 0 aliphatic heterocycles. The molecule has 6 heteroatoms. The summed E-state index contributed by atoms with van der Waals surface area (Å²) in [6.45, 7) is 0. The molecule has 0 unspecified atom stereocenters. The predicted molar refractivity (Wildman–Crippen MR) is 45.4 cm³/mol. The molecule has 3 N–H and O–H groups in total. The average molecular weight is 252 g/mol. The van der Waals surface area contributed by atoms with Gasteiger partial charge in [0.05, 0.1) is 5.69 Å². The predicted octanol–water partition coefficient (Wildman–Crippen LogP) is 2.01. The van der Waals surface area contributed by atoms with Crippen LogP contribution in [0.3, 0.4) is 0 Å². The Morgan fingerprint density at radius 3 is 2.54 bits per heavy atom. The second-order valence-electron chi connectivity index (χ2n) is 2.25. The van der Waals surface area contributed by atoms with Gasteiger partial charge in [-0.3, -0.25) is 0 Å². The van der Waals surface area contributed by atoms with Gasteiger partial charge in [0.2, 0.25) is 0 Å². The fourth-order valence-corrected chi connectivity index (χ4v) is 1.22. The van der Waals surface area contributed by atoms with Gasteiger partial charge in [-0.05, 0) is 22.0 Å². The fraction of sp³-hybridized carbons (Fsp3) is 0. The number of halogens is 3. The smallest absolute Gasteiger partial charge is 0.340 e. The third kappa shape index (κ3) is 1.62. The van der Waals surface area contributed by atoms with Crippen LogP contribution in [0.4, 0.5) is 14.5 Å². The summed E-state index contributed by atoms with van der Waals surface area (Å²) in [6, 6.07) is 0.775. The molecular formula is C7H4BrF2NO2. The van der Waals surface area contributed by atoms with Crippen molar-refractivity contribution in [2.75, 3.05) is 5.73 Å². The van der Waals surface area contributed by atoms with Gasteiger partial charge in [0.1, 0.15) is 5.56 Å². The molecule has 0 saturated carbocycles. The van der Waals surface area contributed by atoms with Crippen LogP contribution in [0.15, 0.2) is 10.5 Å².